The molecular weight excluding hydrogens is 565 g/mol. The minimum absolute atomic E-state index is 0.0160. The number of nitrogens with zero attached hydrogens (tertiary/aromatic N) is 3. The molecule has 0 atom stereocenters. The number of nitrogens with one attached hydrogen (secondary N) is 2. The number of allylic oxidation sites excluding steroid dienone is 5. The lowest BCUT2D eigenvalue weighted by atomic mass is 9.93. The second kappa shape index (κ2) is 13.1. The zero-order chi connectivity index (χ0) is 29.9. The molecule has 0 radical (unpaired) electrons. The van der Waals surface area contributed by atoms with Crippen LogP contribution < -0.4 is 16.9 Å². The average Bonchev–Trinajstić information content (AvgIpc) is 3.78. The molecule has 1 aromatic carbocycles. The number of fused-ring (bicyclic) bond motifs is 1. The highest BCUT2D eigenvalue weighted by molar-refractivity contribution is 6.30. The fourth-order valence-corrected chi connectivity index (χ4v) is 6.71. The molecule has 1 saturated carbocycles. The van der Waals surface area contributed by atoms with E-state index >= 15 is 0 Å². The normalized spacial score (nSPS) is 20.4. The van der Waals surface area contributed by atoms with Crippen molar-refractivity contribution >= 4 is 40.2 Å². The molecule has 2 aliphatic heterocycles. The summed E-state index contributed by atoms with van der Waals surface area (Å²) in [5, 5.41) is 6.49. The van der Waals surface area contributed by atoms with Crippen molar-refractivity contribution in [2.45, 2.75) is 51.4 Å². The number of hydrazine groups is 1. The van der Waals surface area contributed by atoms with Gasteiger partial charge in [-0.1, -0.05) is 17.7 Å². The van der Waals surface area contributed by atoms with Crippen molar-refractivity contribution in [2.24, 2.45) is 28.4 Å². The number of aromatic amines is 1. The van der Waals surface area contributed by atoms with Crippen LogP contribution in [0.15, 0.2) is 63.5 Å². The van der Waals surface area contributed by atoms with Crippen LogP contribution in [0.1, 0.15) is 67.4 Å². The third kappa shape index (κ3) is 7.06. The Bertz CT molecular complexity index is 1520. The van der Waals surface area contributed by atoms with Gasteiger partial charge in [0.05, 0.1) is 11.4 Å². The number of H-pyrrole nitrogens is 1. The molecule has 4 aliphatic rings. The predicted octanol–water partition coefficient (Wildman–Crippen LogP) is 5.55. The number of rotatable bonds is 11. The third-order valence-corrected chi connectivity index (χ3v) is 9.34. The molecular formula is C33H41ClFN7O. The van der Waals surface area contributed by atoms with Crippen LogP contribution in [0.4, 0.5) is 4.39 Å². The Balaban J connectivity index is 0.985. The Kier molecular flexibility index (Phi) is 9.02. The fourth-order valence-electron chi connectivity index (χ4n) is 6.42. The number of carbonyl (C=O) groups excluding carboxylic acids is 1. The monoisotopic (exact) mass is 605 g/mol. The van der Waals surface area contributed by atoms with Gasteiger partial charge in [-0.3, -0.25) is 4.79 Å². The molecule has 1 aromatic heterocycles. The van der Waals surface area contributed by atoms with Gasteiger partial charge in [0.25, 0.3) is 0 Å². The van der Waals surface area contributed by atoms with E-state index in [1.54, 1.807) is 17.3 Å². The Labute approximate surface area is 257 Å². The van der Waals surface area contributed by atoms with Gasteiger partial charge < -0.3 is 25.9 Å². The van der Waals surface area contributed by atoms with Gasteiger partial charge in [-0.25, -0.2) is 15.2 Å². The van der Waals surface area contributed by atoms with Crippen LogP contribution in [0, 0.1) is 17.7 Å². The molecule has 0 amide bonds. The van der Waals surface area contributed by atoms with Crippen molar-refractivity contribution in [3.8, 4) is 0 Å². The number of likely N-dealkylation sites (tertiary alicyclic amines) is 1. The first-order valence-corrected chi connectivity index (χ1v) is 15.9. The summed E-state index contributed by atoms with van der Waals surface area (Å²) < 4.78 is 14.1. The van der Waals surface area contributed by atoms with E-state index in [4.69, 9.17) is 23.2 Å². The van der Waals surface area contributed by atoms with Gasteiger partial charge in [0.1, 0.15) is 11.0 Å². The summed E-state index contributed by atoms with van der Waals surface area (Å²) in [5.41, 5.74) is 12.4. The molecule has 1 saturated heterocycles. The number of Topliss-reactive ketones (excluding diaryl/α,β-unsaturated/α-hetero) is 1. The van der Waals surface area contributed by atoms with Gasteiger partial charge >= 0.3 is 0 Å². The van der Waals surface area contributed by atoms with Gasteiger partial charge in [0.2, 0.25) is 0 Å². The Morgan fingerprint density at radius 2 is 2.00 bits per heavy atom. The Morgan fingerprint density at radius 3 is 2.72 bits per heavy atom. The van der Waals surface area contributed by atoms with E-state index in [1.165, 1.54) is 29.0 Å². The molecule has 0 spiro atoms. The number of ketones is 1. The van der Waals surface area contributed by atoms with E-state index in [0.29, 0.717) is 45.5 Å². The maximum atomic E-state index is 14.1. The summed E-state index contributed by atoms with van der Waals surface area (Å²) in [4.78, 5) is 22.9. The topological polar surface area (TPSA) is 116 Å². The molecule has 43 heavy (non-hydrogen) atoms. The zero-order valence-electron chi connectivity index (χ0n) is 24.5. The first-order valence-electron chi connectivity index (χ1n) is 15.5. The summed E-state index contributed by atoms with van der Waals surface area (Å²) in [7, 11) is 0. The number of aliphatic imine (C=N–C) groups is 1. The molecule has 6 N–H and O–H groups in total. The van der Waals surface area contributed by atoms with E-state index in [9.17, 15) is 9.18 Å². The number of halogens is 2. The maximum Gasteiger partial charge on any atom is 0.182 e. The summed E-state index contributed by atoms with van der Waals surface area (Å²) in [6.07, 6.45) is 15.8. The van der Waals surface area contributed by atoms with Crippen molar-refractivity contribution in [3.05, 3.63) is 75.6 Å². The van der Waals surface area contributed by atoms with Gasteiger partial charge in [-0.05, 0) is 106 Å². The number of benzene rings is 1. The zero-order valence-corrected chi connectivity index (χ0v) is 25.3. The molecule has 6 rings (SSSR count). The molecule has 0 unspecified atom stereocenters. The molecule has 3 heterocycles. The summed E-state index contributed by atoms with van der Waals surface area (Å²) >= 11 is 6.31. The molecule has 2 fully saturated rings. The molecule has 2 aromatic rings. The Morgan fingerprint density at radius 1 is 1.19 bits per heavy atom. The van der Waals surface area contributed by atoms with E-state index in [-0.39, 0.29) is 17.5 Å². The molecule has 228 valence electrons. The van der Waals surface area contributed by atoms with Crippen LogP contribution in [-0.2, 0) is 0 Å². The number of nitrogens with two attached hydrogens (primary N) is 2. The van der Waals surface area contributed by atoms with Crippen LogP contribution in [0.25, 0.3) is 16.6 Å². The highest BCUT2D eigenvalue weighted by Gasteiger charge is 2.34. The van der Waals surface area contributed by atoms with Crippen molar-refractivity contribution in [1.82, 2.24) is 20.2 Å². The smallest absolute Gasteiger partial charge is 0.182 e. The number of piperidine rings is 1. The first-order chi connectivity index (χ1) is 20.9. The van der Waals surface area contributed by atoms with Gasteiger partial charge in [-0.15, -0.1) is 0 Å². The minimum atomic E-state index is -0.368. The number of carbonyl (C=O) groups is 1. The largest absolute Gasteiger partial charge is 0.397 e. The number of hydrogen-bond acceptors (Lipinski definition) is 7. The van der Waals surface area contributed by atoms with Crippen molar-refractivity contribution < 1.29 is 9.18 Å². The second-order valence-corrected chi connectivity index (χ2v) is 12.6. The van der Waals surface area contributed by atoms with Gasteiger partial charge in [0.15, 0.2) is 5.78 Å². The van der Waals surface area contributed by atoms with Crippen LogP contribution in [0.2, 0.25) is 0 Å². The molecule has 2 aliphatic carbocycles. The first kappa shape index (κ1) is 29.7. The predicted molar refractivity (Wildman–Crippen MR) is 172 cm³/mol. The summed E-state index contributed by atoms with van der Waals surface area (Å²) in [6, 6.07) is 4.46. The van der Waals surface area contributed by atoms with Crippen molar-refractivity contribution in [1.29, 1.82) is 0 Å². The highest BCUT2D eigenvalue weighted by atomic mass is 35.5. The quantitative estimate of drug-likeness (QED) is 0.115. The average molecular weight is 606 g/mol. The molecule has 10 heteroatoms. The Hall–Kier alpha value is -3.40. The van der Waals surface area contributed by atoms with Crippen LogP contribution in [0.5, 0.6) is 0 Å². The van der Waals surface area contributed by atoms with E-state index < -0.39 is 0 Å². The molecule has 8 nitrogen and oxygen atoms in total. The van der Waals surface area contributed by atoms with Crippen LogP contribution >= 0.6 is 11.6 Å². The lowest BCUT2D eigenvalue weighted by molar-refractivity contribution is 0.0963. The third-order valence-electron chi connectivity index (χ3n) is 9.02. The maximum absolute atomic E-state index is 14.1. The lowest BCUT2D eigenvalue weighted by Crippen LogP contribution is -2.41. The second-order valence-electron chi connectivity index (χ2n) is 12.2. The minimum Gasteiger partial charge on any atom is -0.397 e. The van der Waals surface area contributed by atoms with Gasteiger partial charge in [0, 0.05) is 60.1 Å². The SMILES string of the molecule is N/C(=C\N(N)CC1CCN(CCNC2=CC=C(C3=C(Cl)N=CCC3)CC2)CC1)c1c(C(=O)C2CC2)[nH]c2ccc(F)cc12. The summed E-state index contributed by atoms with van der Waals surface area (Å²) in [6.45, 7) is 4.64. The van der Waals surface area contributed by atoms with Crippen molar-refractivity contribution in [2.75, 3.05) is 32.7 Å². The van der Waals surface area contributed by atoms with E-state index in [0.717, 1.165) is 77.5 Å². The summed E-state index contributed by atoms with van der Waals surface area (Å²) in [5.74, 6) is 6.53. The van der Waals surface area contributed by atoms with Crippen LogP contribution in [0.3, 0.4) is 0 Å². The van der Waals surface area contributed by atoms with E-state index in [1.807, 2.05) is 6.21 Å². The lowest BCUT2D eigenvalue weighted by Gasteiger charge is -2.33. The fraction of sp³-hybridized carbons (Fsp3) is 0.455. The van der Waals surface area contributed by atoms with Crippen molar-refractivity contribution in [3.63, 3.8) is 0 Å². The standard InChI is InChI=1S/C33H41ClFN7O/c34-33-26(2-1-13-39-33)22-5-8-25(9-6-22)38-14-17-41-15-11-21(12-16-41)19-42(37)20-28(36)30-27-18-24(35)7-10-29(27)40-31(30)32(43)23-3-4-23/h5,7-8,10,13,18,20-21,23,38,40H,1-4,6,9,11-12,14-17,19,36-37H2/b28-20-. The number of hydrogen-bond donors (Lipinski definition) is 4. The number of aromatic nitrogens is 1. The highest BCUT2D eigenvalue weighted by Crippen LogP contribution is 2.37. The molecule has 0 bridgehead atoms. The van der Waals surface area contributed by atoms with E-state index in [2.05, 4.69) is 32.3 Å². The van der Waals surface area contributed by atoms with Gasteiger partial charge in [-0.2, -0.15) is 0 Å². The van der Waals surface area contributed by atoms with Crippen LogP contribution in [-0.4, -0.2) is 59.6 Å².